The van der Waals surface area contributed by atoms with Crippen LogP contribution in [0, 0.1) is 5.82 Å². The Morgan fingerprint density at radius 1 is 1.11 bits per heavy atom. The quantitative estimate of drug-likeness (QED) is 0.328. The third kappa shape index (κ3) is 6.24. The molecule has 0 aliphatic rings. The first-order chi connectivity index (χ1) is 18.0. The third-order valence-corrected chi connectivity index (χ3v) is 6.26. The molecule has 200 valence electrons. The van der Waals surface area contributed by atoms with Gasteiger partial charge in [0.25, 0.3) is 11.8 Å². The van der Waals surface area contributed by atoms with Gasteiger partial charge in [-0.2, -0.15) is 4.37 Å². The molecule has 1 aromatic heterocycles. The predicted octanol–water partition coefficient (Wildman–Crippen LogP) is 2.10. The van der Waals surface area contributed by atoms with E-state index in [4.69, 9.17) is 16.2 Å². The van der Waals surface area contributed by atoms with E-state index in [-0.39, 0.29) is 28.6 Å². The lowest BCUT2D eigenvalue weighted by atomic mass is 10.0. The minimum Gasteiger partial charge on any atom is -0.465 e. The molecule has 38 heavy (non-hydrogen) atoms. The Balaban J connectivity index is 2.17. The van der Waals surface area contributed by atoms with Crippen LogP contribution in [0.5, 0.6) is 0 Å². The Morgan fingerprint density at radius 3 is 2.34 bits per heavy atom. The lowest BCUT2D eigenvalue weighted by molar-refractivity contribution is -0.143. The summed E-state index contributed by atoms with van der Waals surface area (Å²) in [5, 5.41) is 2.48. The van der Waals surface area contributed by atoms with E-state index in [9.17, 15) is 23.6 Å². The number of amides is 3. The number of esters is 1. The van der Waals surface area contributed by atoms with Crippen molar-refractivity contribution >= 4 is 52.3 Å². The highest BCUT2D eigenvalue weighted by Gasteiger charge is 2.36. The van der Waals surface area contributed by atoms with Crippen molar-refractivity contribution in [3.8, 4) is 0 Å². The van der Waals surface area contributed by atoms with Gasteiger partial charge in [-0.15, -0.1) is 0 Å². The number of primary amides is 1. The van der Waals surface area contributed by atoms with Crippen LogP contribution in [0.2, 0.25) is 0 Å². The smallest absolute Gasteiger partial charge is 0.325 e. The number of ether oxygens (including phenoxy) is 1. The molecule has 0 radical (unpaired) electrons. The van der Waals surface area contributed by atoms with Crippen LogP contribution in [0.25, 0.3) is 0 Å². The van der Waals surface area contributed by atoms with Crippen LogP contribution in [-0.4, -0.2) is 55.3 Å². The van der Waals surface area contributed by atoms with E-state index in [1.807, 2.05) is 19.0 Å². The Kier molecular flexibility index (Phi) is 8.97. The first-order valence-corrected chi connectivity index (χ1v) is 12.2. The van der Waals surface area contributed by atoms with Crippen molar-refractivity contribution in [1.82, 2.24) is 9.69 Å². The summed E-state index contributed by atoms with van der Waals surface area (Å²) in [5.74, 6) is -3.84. The van der Waals surface area contributed by atoms with E-state index < -0.39 is 42.1 Å². The normalized spacial score (nSPS) is 11.4. The number of nitrogens with one attached hydrogen (secondary N) is 1. The van der Waals surface area contributed by atoms with Gasteiger partial charge in [0.2, 0.25) is 5.91 Å². The standard InChI is InChI=1S/C25H27FN6O5S/c1-4-37-18(33)13-29-24(35)21(14-8-10-16(11-9-14)31(2)3)32(17-7-5-6-15(26)12-17)25(36)22-19(27)20(23(28)34)30-38-22/h5-12,21H,4,13,27H2,1-3H3,(H2,28,34)(H,29,35)/t21-/m1/s1. The average Bonchev–Trinajstić information content (AvgIpc) is 3.27. The highest BCUT2D eigenvalue weighted by molar-refractivity contribution is 7.09. The molecule has 0 fully saturated rings. The minimum absolute atomic E-state index is 0.0244. The van der Waals surface area contributed by atoms with E-state index in [1.54, 1.807) is 31.2 Å². The van der Waals surface area contributed by atoms with Crippen LogP contribution in [0.3, 0.4) is 0 Å². The first kappa shape index (κ1) is 28.1. The van der Waals surface area contributed by atoms with Crippen molar-refractivity contribution in [2.24, 2.45) is 5.73 Å². The first-order valence-electron chi connectivity index (χ1n) is 11.4. The molecular formula is C25H27FN6O5S. The molecule has 1 heterocycles. The van der Waals surface area contributed by atoms with Gasteiger partial charge in [0.15, 0.2) is 5.69 Å². The number of aromatic nitrogens is 1. The third-order valence-electron chi connectivity index (χ3n) is 5.40. The molecule has 1 atom stereocenters. The summed E-state index contributed by atoms with van der Waals surface area (Å²) in [6.07, 6.45) is 0. The lowest BCUT2D eigenvalue weighted by Gasteiger charge is -2.31. The Labute approximate surface area is 222 Å². The van der Waals surface area contributed by atoms with Crippen LogP contribution in [0.1, 0.15) is 38.7 Å². The number of hydrogen-bond acceptors (Lipinski definition) is 9. The second-order valence-electron chi connectivity index (χ2n) is 8.20. The summed E-state index contributed by atoms with van der Waals surface area (Å²) in [7, 11) is 3.67. The summed E-state index contributed by atoms with van der Waals surface area (Å²) in [6, 6.07) is 10.4. The predicted molar refractivity (Wildman–Crippen MR) is 141 cm³/mol. The van der Waals surface area contributed by atoms with Crippen LogP contribution >= 0.6 is 11.5 Å². The molecule has 0 aliphatic carbocycles. The number of halogens is 1. The van der Waals surface area contributed by atoms with Crippen LogP contribution in [0.15, 0.2) is 48.5 Å². The molecule has 0 saturated carbocycles. The number of nitrogens with two attached hydrogens (primary N) is 2. The molecular weight excluding hydrogens is 515 g/mol. The molecule has 2 aromatic carbocycles. The molecule has 0 bridgehead atoms. The number of hydrogen-bond donors (Lipinski definition) is 3. The molecule has 3 aromatic rings. The van der Waals surface area contributed by atoms with E-state index >= 15 is 0 Å². The highest BCUT2D eigenvalue weighted by atomic mass is 32.1. The van der Waals surface area contributed by atoms with Gasteiger partial charge in [-0.25, -0.2) is 4.39 Å². The maximum absolute atomic E-state index is 14.3. The Morgan fingerprint density at radius 2 is 1.79 bits per heavy atom. The fourth-order valence-corrected chi connectivity index (χ4v) is 4.33. The zero-order chi connectivity index (χ0) is 28.0. The van der Waals surface area contributed by atoms with Crippen LogP contribution in [0.4, 0.5) is 21.5 Å². The number of nitrogens with zero attached hydrogens (tertiary/aromatic N) is 3. The number of carbonyl (C=O) groups excluding carboxylic acids is 4. The molecule has 3 amide bonds. The zero-order valence-electron chi connectivity index (χ0n) is 20.9. The SMILES string of the molecule is CCOC(=O)CNC(=O)[C@@H](c1ccc(N(C)C)cc1)N(C(=O)c1snc(C(N)=O)c1N)c1cccc(F)c1. The largest absolute Gasteiger partial charge is 0.465 e. The molecule has 0 saturated heterocycles. The molecule has 13 heteroatoms. The topological polar surface area (TPSA) is 161 Å². The van der Waals surface area contributed by atoms with Crippen molar-refractivity contribution in [3.05, 3.63) is 70.5 Å². The number of nitrogen functional groups attached to an aromatic ring is 1. The summed E-state index contributed by atoms with van der Waals surface area (Å²) in [5.41, 5.74) is 12.0. The van der Waals surface area contributed by atoms with Gasteiger partial charge in [0.05, 0.1) is 12.3 Å². The van der Waals surface area contributed by atoms with E-state index in [0.29, 0.717) is 17.1 Å². The van der Waals surface area contributed by atoms with Gasteiger partial charge < -0.3 is 26.4 Å². The van der Waals surface area contributed by atoms with E-state index in [1.165, 1.54) is 18.2 Å². The number of benzene rings is 2. The summed E-state index contributed by atoms with van der Waals surface area (Å²) in [6.45, 7) is 1.28. The fraction of sp³-hybridized carbons (Fsp3) is 0.240. The lowest BCUT2D eigenvalue weighted by Crippen LogP contribution is -2.45. The van der Waals surface area contributed by atoms with Gasteiger partial charge in [-0.1, -0.05) is 18.2 Å². The van der Waals surface area contributed by atoms with Crippen molar-refractivity contribution < 1.29 is 28.3 Å². The molecule has 5 N–H and O–H groups in total. The summed E-state index contributed by atoms with van der Waals surface area (Å²) >= 11 is 0.622. The van der Waals surface area contributed by atoms with Crippen molar-refractivity contribution in [1.29, 1.82) is 0 Å². The summed E-state index contributed by atoms with van der Waals surface area (Å²) in [4.78, 5) is 53.8. The van der Waals surface area contributed by atoms with Crippen molar-refractivity contribution in [2.45, 2.75) is 13.0 Å². The van der Waals surface area contributed by atoms with Gasteiger partial charge >= 0.3 is 5.97 Å². The number of carbonyl (C=O) groups is 4. The van der Waals surface area contributed by atoms with E-state index in [2.05, 4.69) is 9.69 Å². The van der Waals surface area contributed by atoms with Gasteiger partial charge in [-0.3, -0.25) is 24.1 Å². The van der Waals surface area contributed by atoms with Gasteiger partial charge in [0.1, 0.15) is 23.3 Å². The second kappa shape index (κ2) is 12.1. The summed E-state index contributed by atoms with van der Waals surface area (Å²) < 4.78 is 23.1. The molecule has 0 aliphatic heterocycles. The van der Waals surface area contributed by atoms with Crippen molar-refractivity contribution in [3.63, 3.8) is 0 Å². The zero-order valence-corrected chi connectivity index (χ0v) is 21.8. The average molecular weight is 543 g/mol. The van der Waals surface area contributed by atoms with Crippen LogP contribution < -0.4 is 26.6 Å². The van der Waals surface area contributed by atoms with E-state index in [0.717, 1.165) is 16.7 Å². The molecule has 3 rings (SSSR count). The molecule has 0 unspecified atom stereocenters. The van der Waals surface area contributed by atoms with Crippen molar-refractivity contribution in [2.75, 3.05) is 42.8 Å². The second-order valence-corrected chi connectivity index (χ2v) is 8.98. The number of rotatable bonds is 10. The van der Waals surface area contributed by atoms with Gasteiger partial charge in [0, 0.05) is 25.5 Å². The Hall–Kier alpha value is -4.52. The fourth-order valence-electron chi connectivity index (χ4n) is 3.59. The minimum atomic E-state index is -1.38. The maximum Gasteiger partial charge on any atom is 0.325 e. The molecule has 11 nitrogen and oxygen atoms in total. The van der Waals surface area contributed by atoms with Crippen LogP contribution in [-0.2, 0) is 14.3 Å². The number of anilines is 3. The monoisotopic (exact) mass is 542 g/mol. The maximum atomic E-state index is 14.3. The van der Waals surface area contributed by atoms with Gasteiger partial charge in [-0.05, 0) is 54.4 Å². The highest BCUT2D eigenvalue weighted by Crippen LogP contribution is 2.34. The molecule has 0 spiro atoms. The Bertz CT molecular complexity index is 1340.